The molecular weight excluding hydrogens is 476 g/mol. The average molecular weight is 497 g/mol. The maximum absolute atomic E-state index is 12.4. The molecule has 4 aromatic rings. The lowest BCUT2D eigenvalue weighted by atomic mass is 10.1. The molecule has 1 aliphatic rings. The molecular formula is C28H20N2O5S. The Bertz CT molecular complexity index is 1490. The van der Waals surface area contributed by atoms with Gasteiger partial charge < -0.3 is 18.9 Å². The van der Waals surface area contributed by atoms with Crippen molar-refractivity contribution in [1.82, 2.24) is 4.98 Å². The van der Waals surface area contributed by atoms with Gasteiger partial charge in [0, 0.05) is 16.5 Å². The fraction of sp³-hybridized carbons (Fsp3) is 0.107. The van der Waals surface area contributed by atoms with E-state index in [4.69, 9.17) is 18.9 Å². The number of hydrogen-bond donors (Lipinski definition) is 0. The first-order valence-electron chi connectivity index (χ1n) is 11.0. The van der Waals surface area contributed by atoms with Crippen molar-refractivity contribution >= 4 is 28.8 Å². The van der Waals surface area contributed by atoms with Crippen LogP contribution in [0.15, 0.2) is 72.1 Å². The van der Waals surface area contributed by atoms with Gasteiger partial charge in [-0.15, -0.1) is 11.3 Å². The lowest BCUT2D eigenvalue weighted by Crippen LogP contribution is -2.11. The third-order valence-electron chi connectivity index (χ3n) is 5.48. The molecule has 0 spiro atoms. The summed E-state index contributed by atoms with van der Waals surface area (Å²) in [4.78, 5) is 17.0. The van der Waals surface area contributed by atoms with Crippen LogP contribution in [0.2, 0.25) is 0 Å². The molecule has 1 aliphatic heterocycles. The molecule has 0 unspecified atom stereocenters. The zero-order valence-corrected chi connectivity index (χ0v) is 20.1. The number of Topliss-reactive ketones (excluding diaryl/α,β-unsaturated/α-hetero) is 1. The van der Waals surface area contributed by atoms with E-state index >= 15 is 0 Å². The van der Waals surface area contributed by atoms with Crippen LogP contribution in [0.1, 0.15) is 20.9 Å². The maximum Gasteiger partial charge on any atom is 0.231 e. The van der Waals surface area contributed by atoms with Gasteiger partial charge in [0.05, 0.1) is 18.4 Å². The fourth-order valence-corrected chi connectivity index (χ4v) is 4.43. The second-order valence-electron chi connectivity index (χ2n) is 7.76. The van der Waals surface area contributed by atoms with Crippen LogP contribution in [0, 0.1) is 11.3 Å². The van der Waals surface area contributed by atoms with Crippen LogP contribution in [-0.2, 0) is 0 Å². The third kappa shape index (κ3) is 4.92. The lowest BCUT2D eigenvalue weighted by molar-refractivity contribution is 0.0919. The van der Waals surface area contributed by atoms with Gasteiger partial charge in [0.25, 0.3) is 0 Å². The highest BCUT2D eigenvalue weighted by Crippen LogP contribution is 2.37. The average Bonchev–Trinajstić information content (AvgIpc) is 3.60. The number of thiazole rings is 1. The molecule has 0 N–H and O–H groups in total. The Hall–Kier alpha value is -4.61. The van der Waals surface area contributed by atoms with Gasteiger partial charge in [-0.1, -0.05) is 36.4 Å². The van der Waals surface area contributed by atoms with Crippen LogP contribution in [0.4, 0.5) is 0 Å². The van der Waals surface area contributed by atoms with Crippen molar-refractivity contribution in [3.05, 3.63) is 88.2 Å². The van der Waals surface area contributed by atoms with E-state index in [2.05, 4.69) is 11.1 Å². The number of rotatable bonds is 8. The summed E-state index contributed by atoms with van der Waals surface area (Å²) in [5.41, 5.74) is 3.37. The van der Waals surface area contributed by atoms with E-state index in [0.717, 1.165) is 16.8 Å². The summed E-state index contributed by atoms with van der Waals surface area (Å²) in [6.07, 6.45) is 1.74. The predicted molar refractivity (Wildman–Crippen MR) is 136 cm³/mol. The minimum Gasteiger partial charge on any atom is -0.493 e. The Morgan fingerprint density at radius 1 is 1.08 bits per heavy atom. The Labute approximate surface area is 211 Å². The van der Waals surface area contributed by atoms with Crippen LogP contribution in [0.25, 0.3) is 22.9 Å². The van der Waals surface area contributed by atoms with Gasteiger partial charge in [-0.2, -0.15) is 5.26 Å². The molecule has 1 aromatic heterocycles. The molecule has 5 rings (SSSR count). The molecule has 0 bridgehead atoms. The van der Waals surface area contributed by atoms with Gasteiger partial charge in [-0.25, -0.2) is 4.98 Å². The quantitative estimate of drug-likeness (QED) is 0.222. The number of fused-ring (bicyclic) bond motifs is 1. The van der Waals surface area contributed by atoms with Gasteiger partial charge in [-0.05, 0) is 42.0 Å². The molecule has 2 heterocycles. The smallest absolute Gasteiger partial charge is 0.231 e. The fourth-order valence-electron chi connectivity index (χ4n) is 3.64. The summed E-state index contributed by atoms with van der Waals surface area (Å²) in [6.45, 7) is 0.0970. The number of nitrogens with zero attached hydrogens (tertiary/aromatic N) is 2. The number of ketones is 1. The summed E-state index contributed by atoms with van der Waals surface area (Å²) in [7, 11) is 1.53. The second-order valence-corrected chi connectivity index (χ2v) is 8.62. The number of allylic oxidation sites excluding steroid dienone is 1. The van der Waals surface area contributed by atoms with Crippen molar-refractivity contribution in [3.8, 4) is 40.3 Å². The molecule has 0 saturated heterocycles. The van der Waals surface area contributed by atoms with E-state index in [9.17, 15) is 10.1 Å². The summed E-state index contributed by atoms with van der Waals surface area (Å²) in [5, 5.41) is 12.3. The molecule has 178 valence electrons. The number of methoxy groups -OCH3 is 1. The maximum atomic E-state index is 12.4. The van der Waals surface area contributed by atoms with Crippen LogP contribution in [0.3, 0.4) is 0 Å². The van der Waals surface area contributed by atoms with Gasteiger partial charge in [-0.3, -0.25) is 4.79 Å². The number of carbonyl (C=O) groups is 1. The number of ether oxygens (including phenoxy) is 4. The largest absolute Gasteiger partial charge is 0.493 e. The van der Waals surface area contributed by atoms with Gasteiger partial charge in [0.2, 0.25) is 6.79 Å². The Morgan fingerprint density at radius 2 is 1.92 bits per heavy atom. The van der Waals surface area contributed by atoms with Crippen LogP contribution < -0.4 is 18.9 Å². The molecule has 0 fully saturated rings. The first-order valence-corrected chi connectivity index (χ1v) is 11.9. The van der Waals surface area contributed by atoms with E-state index in [1.807, 2.05) is 41.8 Å². The molecule has 0 amide bonds. The lowest BCUT2D eigenvalue weighted by Gasteiger charge is -2.11. The molecule has 8 heteroatoms. The SMILES string of the molecule is COc1cc(/C=C(/C#N)c2nc(-c3ccc4c(c3)OCO4)cs2)ccc1OCC(=O)c1ccccc1. The highest BCUT2D eigenvalue weighted by atomic mass is 32.1. The summed E-state index contributed by atoms with van der Waals surface area (Å²) < 4.78 is 22.0. The number of hydrogen-bond acceptors (Lipinski definition) is 8. The summed E-state index contributed by atoms with van der Waals surface area (Å²) in [5.74, 6) is 2.16. The first-order chi connectivity index (χ1) is 17.6. The minimum atomic E-state index is -0.129. The highest BCUT2D eigenvalue weighted by Gasteiger charge is 2.16. The van der Waals surface area contributed by atoms with Crippen molar-refractivity contribution in [2.45, 2.75) is 0 Å². The van der Waals surface area contributed by atoms with Gasteiger partial charge in [0.1, 0.15) is 11.1 Å². The molecule has 3 aromatic carbocycles. The predicted octanol–water partition coefficient (Wildman–Crippen LogP) is 5.87. The molecule has 36 heavy (non-hydrogen) atoms. The van der Waals surface area contributed by atoms with E-state index in [-0.39, 0.29) is 19.2 Å². The third-order valence-corrected chi connectivity index (χ3v) is 6.35. The zero-order chi connectivity index (χ0) is 24.9. The monoisotopic (exact) mass is 496 g/mol. The van der Waals surface area contributed by atoms with E-state index < -0.39 is 0 Å². The van der Waals surface area contributed by atoms with Crippen LogP contribution in [0.5, 0.6) is 23.0 Å². The van der Waals surface area contributed by atoms with E-state index in [1.165, 1.54) is 18.4 Å². The molecule has 0 saturated carbocycles. The summed E-state index contributed by atoms with van der Waals surface area (Å²) >= 11 is 1.38. The zero-order valence-electron chi connectivity index (χ0n) is 19.3. The topological polar surface area (TPSA) is 90.7 Å². The minimum absolute atomic E-state index is 0.110. The van der Waals surface area contributed by atoms with Crippen LogP contribution in [-0.4, -0.2) is 31.3 Å². The number of nitriles is 1. The Kier molecular flexibility index (Phi) is 6.65. The first kappa shape index (κ1) is 23.1. The van der Waals surface area contributed by atoms with E-state index in [1.54, 1.807) is 36.4 Å². The molecule has 0 aliphatic carbocycles. The highest BCUT2D eigenvalue weighted by molar-refractivity contribution is 7.11. The number of aromatic nitrogens is 1. The second kappa shape index (κ2) is 10.3. The van der Waals surface area contributed by atoms with E-state index in [0.29, 0.717) is 39.1 Å². The summed E-state index contributed by atoms with van der Waals surface area (Å²) in [6, 6.07) is 22.1. The number of carbonyl (C=O) groups excluding carboxylic acids is 1. The molecule has 7 nitrogen and oxygen atoms in total. The Morgan fingerprint density at radius 3 is 2.72 bits per heavy atom. The van der Waals surface area contributed by atoms with Crippen LogP contribution >= 0.6 is 11.3 Å². The normalized spacial score (nSPS) is 12.2. The van der Waals surface area contributed by atoms with Crippen molar-refractivity contribution in [1.29, 1.82) is 5.26 Å². The Balaban J connectivity index is 1.33. The molecule has 0 radical (unpaired) electrons. The van der Waals surface area contributed by atoms with Gasteiger partial charge >= 0.3 is 0 Å². The van der Waals surface area contributed by atoms with Crippen molar-refractivity contribution in [2.24, 2.45) is 0 Å². The van der Waals surface area contributed by atoms with Crippen molar-refractivity contribution in [2.75, 3.05) is 20.5 Å². The number of benzene rings is 3. The molecule has 0 atom stereocenters. The standard InChI is InChI=1S/C28H20N2O5S/c1-32-26-12-18(7-9-24(26)33-15-23(31)19-5-3-2-4-6-19)11-21(14-29)28-30-22(16-36-28)20-8-10-25-27(13-20)35-17-34-25/h2-13,16H,15,17H2,1H3/b21-11-. The van der Waals surface area contributed by atoms with Gasteiger partial charge in [0.15, 0.2) is 35.4 Å². The van der Waals surface area contributed by atoms with Crippen molar-refractivity contribution < 1.29 is 23.7 Å². The van der Waals surface area contributed by atoms with Crippen molar-refractivity contribution in [3.63, 3.8) is 0 Å².